The van der Waals surface area contributed by atoms with Crippen molar-refractivity contribution < 1.29 is 0 Å². The van der Waals surface area contributed by atoms with Gasteiger partial charge in [0.05, 0.1) is 16.9 Å². The maximum atomic E-state index is 5.14. The molecule has 0 atom stereocenters. The fourth-order valence-corrected chi connectivity index (χ4v) is 4.91. The first-order valence-corrected chi connectivity index (χ1v) is 10.8. The van der Waals surface area contributed by atoms with Crippen LogP contribution in [0.4, 0.5) is 0 Å². The molecule has 0 saturated heterocycles. The molecule has 0 radical (unpaired) electrons. The van der Waals surface area contributed by atoms with Gasteiger partial charge in [-0.3, -0.25) is 0 Å². The maximum Gasteiger partial charge on any atom is 0.0909 e. The van der Waals surface area contributed by atoms with Crippen LogP contribution in [0.1, 0.15) is 16.7 Å². The van der Waals surface area contributed by atoms with Crippen molar-refractivity contribution in [2.75, 3.05) is 0 Å². The molecule has 0 spiro atoms. The van der Waals surface area contributed by atoms with Crippen LogP contribution in [0.25, 0.3) is 33.2 Å². The topological polar surface area (TPSA) is 17.8 Å². The first-order chi connectivity index (χ1) is 14.3. The zero-order chi connectivity index (χ0) is 19.4. The molecule has 140 valence electrons. The number of halogens is 1. The van der Waals surface area contributed by atoms with Crippen LogP contribution in [0.5, 0.6) is 0 Å². The van der Waals surface area contributed by atoms with Gasteiger partial charge < -0.3 is 4.57 Å². The predicted octanol–water partition coefficient (Wildman–Crippen LogP) is 6.77. The van der Waals surface area contributed by atoms with E-state index in [4.69, 9.17) is 4.98 Å². The van der Waals surface area contributed by atoms with E-state index in [9.17, 15) is 0 Å². The summed E-state index contributed by atoms with van der Waals surface area (Å²) in [6.45, 7) is 0.844. The van der Waals surface area contributed by atoms with Gasteiger partial charge in [0.25, 0.3) is 0 Å². The number of rotatable bonds is 2. The summed E-state index contributed by atoms with van der Waals surface area (Å²) in [4.78, 5) is 5.14. The molecule has 2 aromatic heterocycles. The van der Waals surface area contributed by atoms with E-state index < -0.39 is 0 Å². The number of fused-ring (bicyclic) bond motifs is 6. The lowest BCUT2D eigenvalue weighted by atomic mass is 9.91. The van der Waals surface area contributed by atoms with Gasteiger partial charge in [-0.2, -0.15) is 0 Å². The number of para-hydroxylation sites is 2. The number of benzene rings is 3. The summed E-state index contributed by atoms with van der Waals surface area (Å²) in [7, 11) is 0. The minimum absolute atomic E-state index is 0.844. The Labute approximate surface area is 178 Å². The van der Waals surface area contributed by atoms with Gasteiger partial charge in [0.2, 0.25) is 0 Å². The lowest BCUT2D eigenvalue weighted by Gasteiger charge is -2.20. The van der Waals surface area contributed by atoms with Crippen molar-refractivity contribution in [3.05, 3.63) is 100 Å². The average Bonchev–Trinajstić information content (AvgIpc) is 3.08. The average molecular weight is 439 g/mol. The van der Waals surface area contributed by atoms with Crippen LogP contribution >= 0.6 is 15.9 Å². The Bertz CT molecular complexity index is 1380. The largest absolute Gasteiger partial charge is 0.334 e. The van der Waals surface area contributed by atoms with Gasteiger partial charge in [0, 0.05) is 27.3 Å². The smallest absolute Gasteiger partial charge is 0.0909 e. The van der Waals surface area contributed by atoms with Crippen LogP contribution in [-0.4, -0.2) is 9.55 Å². The first kappa shape index (κ1) is 17.0. The summed E-state index contributed by atoms with van der Waals surface area (Å²) >= 11 is 3.55. The Kier molecular flexibility index (Phi) is 3.85. The quantitative estimate of drug-likeness (QED) is 0.297. The molecule has 1 aliphatic carbocycles. The molecule has 29 heavy (non-hydrogen) atoms. The molecule has 3 heteroatoms. The molecular formula is C26H19BrN2. The first-order valence-electron chi connectivity index (χ1n) is 10.0. The minimum Gasteiger partial charge on any atom is -0.334 e. The fraction of sp³-hybridized carbons (Fsp3) is 0.115. The van der Waals surface area contributed by atoms with Crippen LogP contribution in [0.15, 0.2) is 83.3 Å². The van der Waals surface area contributed by atoms with Crippen molar-refractivity contribution >= 4 is 37.7 Å². The molecule has 0 fully saturated rings. The molecule has 0 aliphatic heterocycles. The molecule has 2 nitrogen and oxygen atoms in total. The van der Waals surface area contributed by atoms with Gasteiger partial charge in [-0.05, 0) is 59.9 Å². The van der Waals surface area contributed by atoms with Gasteiger partial charge in [-0.15, -0.1) is 0 Å². The van der Waals surface area contributed by atoms with E-state index in [-0.39, 0.29) is 0 Å². The summed E-state index contributed by atoms with van der Waals surface area (Å²) in [5.41, 5.74) is 8.90. The van der Waals surface area contributed by atoms with Crippen LogP contribution in [0, 0.1) is 0 Å². The Morgan fingerprint density at radius 2 is 1.66 bits per heavy atom. The molecule has 2 heterocycles. The zero-order valence-corrected chi connectivity index (χ0v) is 17.5. The van der Waals surface area contributed by atoms with Gasteiger partial charge in [-0.1, -0.05) is 64.5 Å². The summed E-state index contributed by atoms with van der Waals surface area (Å²) in [6.07, 6.45) is 2.11. The highest BCUT2D eigenvalue weighted by Gasteiger charge is 2.26. The van der Waals surface area contributed by atoms with Crippen LogP contribution in [-0.2, 0) is 19.4 Å². The van der Waals surface area contributed by atoms with E-state index >= 15 is 0 Å². The SMILES string of the molecule is Brc1ccc(Cn2c3c(c4ccccc42)CCc2cc4ccccc4nc2-3)cc1. The summed E-state index contributed by atoms with van der Waals surface area (Å²) in [5.74, 6) is 0. The van der Waals surface area contributed by atoms with Crippen molar-refractivity contribution in [3.8, 4) is 11.4 Å². The second kappa shape index (κ2) is 6.57. The Balaban J connectivity index is 1.63. The highest BCUT2D eigenvalue weighted by atomic mass is 79.9. The van der Waals surface area contributed by atoms with Gasteiger partial charge in [-0.25, -0.2) is 4.98 Å². The highest BCUT2D eigenvalue weighted by molar-refractivity contribution is 9.10. The number of hydrogen-bond acceptors (Lipinski definition) is 1. The third-order valence-electron chi connectivity index (χ3n) is 6.00. The number of pyridine rings is 1. The fourth-order valence-electron chi connectivity index (χ4n) is 4.65. The Morgan fingerprint density at radius 1 is 0.862 bits per heavy atom. The molecule has 0 N–H and O–H groups in total. The predicted molar refractivity (Wildman–Crippen MR) is 123 cm³/mol. The lowest BCUT2D eigenvalue weighted by Crippen LogP contribution is -2.10. The van der Waals surface area contributed by atoms with Gasteiger partial charge in [0.1, 0.15) is 0 Å². The molecule has 5 aromatic rings. The second-order valence-electron chi connectivity index (χ2n) is 7.75. The van der Waals surface area contributed by atoms with Gasteiger partial charge in [0.15, 0.2) is 0 Å². The maximum absolute atomic E-state index is 5.14. The van der Waals surface area contributed by atoms with Crippen molar-refractivity contribution in [3.63, 3.8) is 0 Å². The van der Waals surface area contributed by atoms with Gasteiger partial charge >= 0.3 is 0 Å². The monoisotopic (exact) mass is 438 g/mol. The molecule has 6 rings (SSSR count). The molecule has 3 aromatic carbocycles. The summed E-state index contributed by atoms with van der Waals surface area (Å²) in [5, 5.41) is 2.59. The van der Waals surface area contributed by atoms with E-state index in [0.29, 0.717) is 0 Å². The number of hydrogen-bond donors (Lipinski definition) is 0. The molecule has 0 amide bonds. The van der Waals surface area contributed by atoms with Crippen molar-refractivity contribution in [1.82, 2.24) is 9.55 Å². The third-order valence-corrected chi connectivity index (χ3v) is 6.53. The lowest BCUT2D eigenvalue weighted by molar-refractivity contribution is 0.818. The highest BCUT2D eigenvalue weighted by Crippen LogP contribution is 2.40. The second-order valence-corrected chi connectivity index (χ2v) is 8.66. The Hall–Kier alpha value is -2.91. The molecule has 1 aliphatic rings. The summed E-state index contributed by atoms with van der Waals surface area (Å²) in [6, 6.07) is 28.2. The standard InChI is InChI=1S/C26H19BrN2/c27-20-12-9-17(10-13-20)16-29-24-8-4-2-6-21(24)22-14-11-19-15-18-5-1-3-7-23(18)28-25(19)26(22)29/h1-10,12-13,15H,11,14,16H2. The molecule has 0 unspecified atom stereocenters. The molecular weight excluding hydrogens is 420 g/mol. The summed E-state index contributed by atoms with van der Waals surface area (Å²) < 4.78 is 3.58. The number of nitrogens with zero attached hydrogens (tertiary/aromatic N) is 2. The van der Waals surface area contributed by atoms with Crippen LogP contribution in [0.3, 0.4) is 0 Å². The zero-order valence-electron chi connectivity index (χ0n) is 15.9. The molecule has 0 saturated carbocycles. The van der Waals surface area contributed by atoms with E-state index in [2.05, 4.69) is 99.4 Å². The Morgan fingerprint density at radius 3 is 2.55 bits per heavy atom. The normalized spacial score (nSPS) is 12.9. The van der Waals surface area contributed by atoms with Crippen molar-refractivity contribution in [1.29, 1.82) is 0 Å². The van der Waals surface area contributed by atoms with E-state index in [1.165, 1.54) is 38.7 Å². The number of aromatic nitrogens is 2. The van der Waals surface area contributed by atoms with Crippen LogP contribution < -0.4 is 0 Å². The van der Waals surface area contributed by atoms with E-state index in [1.807, 2.05) is 0 Å². The third kappa shape index (κ3) is 2.72. The number of aryl methyl sites for hydroxylation is 2. The van der Waals surface area contributed by atoms with Crippen molar-refractivity contribution in [2.24, 2.45) is 0 Å². The van der Waals surface area contributed by atoms with E-state index in [0.717, 1.165) is 35.1 Å². The minimum atomic E-state index is 0.844. The van der Waals surface area contributed by atoms with Crippen LogP contribution in [0.2, 0.25) is 0 Å². The van der Waals surface area contributed by atoms with E-state index in [1.54, 1.807) is 0 Å². The van der Waals surface area contributed by atoms with Crippen molar-refractivity contribution in [2.45, 2.75) is 19.4 Å². The molecule has 0 bridgehead atoms.